The van der Waals surface area contributed by atoms with Gasteiger partial charge in [-0.15, -0.1) is 11.3 Å². The number of H-pyrrole nitrogens is 1. The Morgan fingerprint density at radius 3 is 2.91 bits per heavy atom. The van der Waals surface area contributed by atoms with Gasteiger partial charge in [-0.25, -0.2) is 15.0 Å². The molecule has 1 aliphatic rings. The third-order valence-electron chi connectivity index (χ3n) is 5.96. The third kappa shape index (κ3) is 4.75. The van der Waals surface area contributed by atoms with Gasteiger partial charge in [0.05, 0.1) is 16.8 Å². The predicted octanol–water partition coefficient (Wildman–Crippen LogP) is 3.56. The van der Waals surface area contributed by atoms with Gasteiger partial charge >= 0.3 is 0 Å². The molecule has 8 nitrogen and oxygen atoms in total. The van der Waals surface area contributed by atoms with E-state index in [-0.39, 0.29) is 0 Å². The highest BCUT2D eigenvalue weighted by Crippen LogP contribution is 2.32. The average molecular weight is 474 g/mol. The molecule has 1 fully saturated rings. The number of fused-ring (bicyclic) bond motifs is 1. The molecule has 174 valence electrons. The lowest BCUT2D eigenvalue weighted by atomic mass is 10.1. The summed E-state index contributed by atoms with van der Waals surface area (Å²) in [6.07, 6.45) is 6.19. The van der Waals surface area contributed by atoms with Gasteiger partial charge in [0.15, 0.2) is 5.60 Å². The van der Waals surface area contributed by atoms with Gasteiger partial charge in [0.1, 0.15) is 22.8 Å². The SMILES string of the molecule is CN1CCCN(c2ccc(C#CC(C)(O)c3nccs3)cc2Nc2ncnc3[nH]ccc23)CC1. The molecular formula is C25H27N7OS. The lowest BCUT2D eigenvalue weighted by Crippen LogP contribution is -2.29. The molecule has 1 aromatic carbocycles. The molecule has 4 heterocycles. The fraction of sp³-hybridized carbons (Fsp3) is 0.320. The number of aromatic amines is 1. The van der Waals surface area contributed by atoms with Crippen LogP contribution in [0.3, 0.4) is 0 Å². The second kappa shape index (κ2) is 9.43. The van der Waals surface area contributed by atoms with Crippen molar-refractivity contribution in [2.24, 2.45) is 0 Å². The largest absolute Gasteiger partial charge is 0.371 e. The van der Waals surface area contributed by atoms with Crippen molar-refractivity contribution in [3.63, 3.8) is 0 Å². The lowest BCUT2D eigenvalue weighted by Gasteiger charge is -2.26. The standard InChI is InChI=1S/C25H27N7OS/c1-25(33,24-27-10-15-34-24)8-6-18-4-5-21(32-12-3-11-31(2)13-14-32)20(16-18)30-23-19-7-9-26-22(19)28-17-29-23/h4-5,7,9-10,15-17,33H,3,11-14H2,1-2H3,(H2,26,28,29,30). The van der Waals surface area contributed by atoms with Crippen LogP contribution < -0.4 is 10.2 Å². The zero-order valence-electron chi connectivity index (χ0n) is 19.2. The predicted molar refractivity (Wildman–Crippen MR) is 137 cm³/mol. The van der Waals surface area contributed by atoms with Gasteiger partial charge in [0.2, 0.25) is 0 Å². The molecular weight excluding hydrogens is 446 g/mol. The highest BCUT2D eigenvalue weighted by Gasteiger charge is 2.23. The third-order valence-corrected chi connectivity index (χ3v) is 6.95. The minimum atomic E-state index is -1.31. The topological polar surface area (TPSA) is 93.2 Å². The minimum Gasteiger partial charge on any atom is -0.371 e. The molecule has 1 saturated heterocycles. The van der Waals surface area contributed by atoms with Crippen LogP contribution in [0.1, 0.15) is 23.9 Å². The van der Waals surface area contributed by atoms with Gasteiger partial charge < -0.3 is 25.2 Å². The van der Waals surface area contributed by atoms with Crippen molar-refractivity contribution < 1.29 is 5.11 Å². The van der Waals surface area contributed by atoms with Crippen LogP contribution in [0, 0.1) is 11.8 Å². The van der Waals surface area contributed by atoms with E-state index in [9.17, 15) is 5.11 Å². The zero-order chi connectivity index (χ0) is 23.5. The highest BCUT2D eigenvalue weighted by atomic mass is 32.1. The van der Waals surface area contributed by atoms with E-state index in [0.29, 0.717) is 5.01 Å². The smallest absolute Gasteiger partial charge is 0.174 e. The number of aliphatic hydroxyl groups is 1. The first-order chi connectivity index (χ1) is 16.5. The number of aromatic nitrogens is 4. The Hall–Kier alpha value is -3.45. The summed E-state index contributed by atoms with van der Waals surface area (Å²) in [6, 6.07) is 8.10. The fourth-order valence-electron chi connectivity index (χ4n) is 4.09. The molecule has 0 amide bonds. The maximum absolute atomic E-state index is 10.8. The number of anilines is 3. The lowest BCUT2D eigenvalue weighted by molar-refractivity contribution is 0.122. The molecule has 4 aromatic rings. The van der Waals surface area contributed by atoms with Crippen molar-refractivity contribution in [2.75, 3.05) is 43.4 Å². The Morgan fingerprint density at radius 1 is 1.15 bits per heavy atom. The summed E-state index contributed by atoms with van der Waals surface area (Å²) < 4.78 is 0. The summed E-state index contributed by atoms with van der Waals surface area (Å²) in [5, 5.41) is 17.6. The maximum atomic E-state index is 10.8. The van der Waals surface area contributed by atoms with Crippen LogP contribution >= 0.6 is 11.3 Å². The van der Waals surface area contributed by atoms with E-state index in [1.807, 2.05) is 29.8 Å². The van der Waals surface area contributed by atoms with Crippen molar-refractivity contribution >= 4 is 39.6 Å². The van der Waals surface area contributed by atoms with E-state index < -0.39 is 5.60 Å². The van der Waals surface area contributed by atoms with Crippen LogP contribution in [0.4, 0.5) is 17.2 Å². The molecule has 0 spiro atoms. The maximum Gasteiger partial charge on any atom is 0.174 e. The van der Waals surface area contributed by atoms with Crippen LogP contribution in [-0.2, 0) is 5.60 Å². The Bertz CT molecular complexity index is 1340. The molecule has 3 N–H and O–H groups in total. The van der Waals surface area contributed by atoms with Gasteiger partial charge in [0.25, 0.3) is 0 Å². The Balaban J connectivity index is 1.52. The second-order valence-corrected chi connectivity index (χ2v) is 9.52. The van der Waals surface area contributed by atoms with E-state index in [2.05, 4.69) is 60.0 Å². The Kier molecular flexibility index (Phi) is 6.20. The average Bonchev–Trinajstić information content (AvgIpc) is 3.50. The van der Waals surface area contributed by atoms with Crippen LogP contribution in [-0.4, -0.2) is 63.2 Å². The second-order valence-electron chi connectivity index (χ2n) is 8.62. The van der Waals surface area contributed by atoms with Crippen LogP contribution in [0.15, 0.2) is 48.4 Å². The van der Waals surface area contributed by atoms with Crippen molar-refractivity contribution in [3.8, 4) is 11.8 Å². The summed E-state index contributed by atoms with van der Waals surface area (Å²) in [4.78, 5) is 20.9. The fourth-order valence-corrected chi connectivity index (χ4v) is 4.74. The molecule has 0 radical (unpaired) electrons. The normalized spacial score (nSPS) is 16.5. The van der Waals surface area contributed by atoms with Gasteiger partial charge in [-0.1, -0.05) is 11.8 Å². The number of hydrogen-bond donors (Lipinski definition) is 3. The molecule has 1 atom stereocenters. The summed E-state index contributed by atoms with van der Waals surface area (Å²) in [7, 11) is 2.17. The van der Waals surface area contributed by atoms with Gasteiger partial charge in [-0.3, -0.25) is 0 Å². The van der Waals surface area contributed by atoms with Gasteiger partial charge in [-0.2, -0.15) is 0 Å². The highest BCUT2D eigenvalue weighted by molar-refractivity contribution is 7.09. The molecule has 9 heteroatoms. The van der Waals surface area contributed by atoms with Crippen molar-refractivity contribution in [1.82, 2.24) is 24.8 Å². The van der Waals surface area contributed by atoms with E-state index >= 15 is 0 Å². The number of nitrogens with zero attached hydrogens (tertiary/aromatic N) is 5. The minimum absolute atomic E-state index is 0.583. The number of likely N-dealkylation sites (N-methyl/N-ethyl adjacent to an activating group) is 1. The molecule has 3 aromatic heterocycles. The number of benzene rings is 1. The number of thiazole rings is 1. The van der Waals surface area contributed by atoms with Gasteiger partial charge in [0, 0.05) is 43.0 Å². The van der Waals surface area contributed by atoms with Crippen LogP contribution in [0.5, 0.6) is 0 Å². The first-order valence-corrected chi connectivity index (χ1v) is 12.2. The molecule has 1 unspecified atom stereocenters. The summed E-state index contributed by atoms with van der Waals surface area (Å²) in [5.74, 6) is 6.86. The molecule has 0 aliphatic carbocycles. The van der Waals surface area contributed by atoms with E-state index in [0.717, 1.165) is 66.4 Å². The Labute approximate surface area is 202 Å². The molecule has 5 rings (SSSR count). The molecule has 1 aliphatic heterocycles. The number of nitrogens with one attached hydrogen (secondary N) is 2. The quantitative estimate of drug-likeness (QED) is 0.390. The van der Waals surface area contributed by atoms with Gasteiger partial charge in [-0.05, 0) is 51.2 Å². The molecule has 34 heavy (non-hydrogen) atoms. The first kappa shape index (κ1) is 22.3. The monoisotopic (exact) mass is 473 g/mol. The molecule has 0 bridgehead atoms. The van der Waals surface area contributed by atoms with Crippen LogP contribution in [0.25, 0.3) is 11.0 Å². The number of hydrogen-bond acceptors (Lipinski definition) is 8. The number of rotatable bonds is 4. The first-order valence-electron chi connectivity index (χ1n) is 11.3. The summed E-state index contributed by atoms with van der Waals surface area (Å²) >= 11 is 1.39. The van der Waals surface area contributed by atoms with Crippen LogP contribution in [0.2, 0.25) is 0 Å². The van der Waals surface area contributed by atoms with E-state index in [4.69, 9.17) is 0 Å². The molecule has 0 saturated carbocycles. The van der Waals surface area contributed by atoms with E-state index in [1.165, 1.54) is 11.3 Å². The Morgan fingerprint density at radius 2 is 2.06 bits per heavy atom. The van der Waals surface area contributed by atoms with Crippen molar-refractivity contribution in [3.05, 3.63) is 58.9 Å². The van der Waals surface area contributed by atoms with E-state index in [1.54, 1.807) is 19.4 Å². The summed E-state index contributed by atoms with van der Waals surface area (Å²) in [6.45, 7) is 5.69. The van der Waals surface area contributed by atoms with Crippen molar-refractivity contribution in [2.45, 2.75) is 18.9 Å². The van der Waals surface area contributed by atoms with Crippen molar-refractivity contribution in [1.29, 1.82) is 0 Å². The zero-order valence-corrected chi connectivity index (χ0v) is 20.1. The summed E-state index contributed by atoms with van der Waals surface area (Å²) in [5.41, 5.74) is 2.31.